The summed E-state index contributed by atoms with van der Waals surface area (Å²) in [5.74, 6) is -1.73. The number of benzene rings is 2. The highest BCUT2D eigenvalue weighted by atomic mass is 35.5. The number of carbonyl (C=O) groups excluding carboxylic acids is 2. The summed E-state index contributed by atoms with van der Waals surface area (Å²) in [6.45, 7) is 3.84. The number of para-hydroxylation sites is 1. The van der Waals surface area contributed by atoms with Gasteiger partial charge in [0.2, 0.25) is 11.8 Å². The van der Waals surface area contributed by atoms with Crippen LogP contribution in [0.4, 0.5) is 5.69 Å². The van der Waals surface area contributed by atoms with E-state index in [1.54, 1.807) is 30.3 Å². The van der Waals surface area contributed by atoms with Crippen molar-refractivity contribution in [1.29, 1.82) is 0 Å². The third-order valence-corrected chi connectivity index (χ3v) is 11.3. The van der Waals surface area contributed by atoms with E-state index in [4.69, 9.17) is 11.6 Å². The van der Waals surface area contributed by atoms with Crippen molar-refractivity contribution in [2.45, 2.75) is 19.5 Å². The second kappa shape index (κ2) is 6.17. The van der Waals surface area contributed by atoms with Gasteiger partial charge < -0.3 is 4.57 Å². The summed E-state index contributed by atoms with van der Waals surface area (Å²) in [6, 6.07) is 16.6. The molecule has 0 saturated carbocycles. The van der Waals surface area contributed by atoms with E-state index in [9.17, 15) is 14.2 Å². The SMILES string of the molecule is Cc1ccccc1P1(=O)CC2(C)C(Cl)=CC1[C@H]1C(=O)N(c3ccccc3)C(=O)[C@H]12. The molecule has 2 fully saturated rings. The van der Waals surface area contributed by atoms with Gasteiger partial charge in [0.05, 0.1) is 17.5 Å². The van der Waals surface area contributed by atoms with Crippen molar-refractivity contribution in [3.63, 3.8) is 0 Å². The molecular formula is C23H21ClNO3P. The molecule has 5 atom stereocenters. The average molecular weight is 426 g/mol. The molecule has 2 bridgehead atoms. The Morgan fingerprint density at radius 2 is 1.69 bits per heavy atom. The lowest BCUT2D eigenvalue weighted by Gasteiger charge is -2.52. The van der Waals surface area contributed by atoms with Crippen molar-refractivity contribution >= 4 is 41.5 Å². The maximum atomic E-state index is 14.5. The molecule has 0 spiro atoms. The summed E-state index contributed by atoms with van der Waals surface area (Å²) < 4.78 is 14.5. The molecule has 29 heavy (non-hydrogen) atoms. The Balaban J connectivity index is 1.69. The van der Waals surface area contributed by atoms with Gasteiger partial charge in [0.1, 0.15) is 7.14 Å². The third-order valence-electron chi connectivity index (χ3n) is 6.85. The van der Waals surface area contributed by atoms with Crippen LogP contribution in [0.3, 0.4) is 0 Å². The Hall–Kier alpha value is -2.16. The minimum absolute atomic E-state index is 0.235. The number of allylic oxidation sites excluding steroid dienone is 2. The predicted molar refractivity (Wildman–Crippen MR) is 115 cm³/mol. The Morgan fingerprint density at radius 1 is 1.03 bits per heavy atom. The van der Waals surface area contributed by atoms with Gasteiger partial charge in [0.15, 0.2) is 0 Å². The summed E-state index contributed by atoms with van der Waals surface area (Å²) in [5.41, 5.74) is 0.147. The van der Waals surface area contributed by atoms with Gasteiger partial charge >= 0.3 is 0 Å². The number of imide groups is 1. The monoisotopic (exact) mass is 425 g/mol. The van der Waals surface area contributed by atoms with Crippen LogP contribution in [0.2, 0.25) is 0 Å². The second-order valence-electron chi connectivity index (χ2n) is 8.51. The van der Waals surface area contributed by atoms with Gasteiger partial charge in [-0.3, -0.25) is 9.59 Å². The smallest absolute Gasteiger partial charge is 0.238 e. The first-order valence-electron chi connectivity index (χ1n) is 9.74. The first-order chi connectivity index (χ1) is 13.8. The normalized spacial score (nSPS) is 35.6. The summed E-state index contributed by atoms with van der Waals surface area (Å²) in [5, 5.41) is 1.35. The van der Waals surface area contributed by atoms with Gasteiger partial charge in [-0.15, -0.1) is 0 Å². The van der Waals surface area contributed by atoms with Crippen LogP contribution in [-0.4, -0.2) is 23.6 Å². The van der Waals surface area contributed by atoms with Crippen LogP contribution in [-0.2, 0) is 14.2 Å². The molecule has 3 unspecified atom stereocenters. The van der Waals surface area contributed by atoms with Gasteiger partial charge in [-0.05, 0) is 24.6 Å². The van der Waals surface area contributed by atoms with E-state index < -0.39 is 30.1 Å². The van der Waals surface area contributed by atoms with E-state index in [0.29, 0.717) is 16.9 Å². The summed E-state index contributed by atoms with van der Waals surface area (Å²) >= 11 is 6.64. The fraction of sp³-hybridized carbons (Fsp3) is 0.304. The molecule has 0 aromatic heterocycles. The van der Waals surface area contributed by atoms with E-state index in [-0.39, 0.29) is 11.8 Å². The third kappa shape index (κ3) is 2.36. The summed E-state index contributed by atoms with van der Waals surface area (Å²) in [7, 11) is -2.98. The molecule has 4 nitrogen and oxygen atoms in total. The molecule has 2 aromatic carbocycles. The van der Waals surface area contributed by atoms with Crippen molar-refractivity contribution in [2.24, 2.45) is 17.3 Å². The van der Waals surface area contributed by atoms with Crippen molar-refractivity contribution in [1.82, 2.24) is 0 Å². The molecule has 2 saturated heterocycles. The number of aryl methyl sites for hydroxylation is 1. The zero-order chi connectivity index (χ0) is 20.6. The Labute approximate surface area is 174 Å². The van der Waals surface area contributed by atoms with E-state index in [1.807, 2.05) is 44.2 Å². The largest absolute Gasteiger partial charge is 0.318 e. The van der Waals surface area contributed by atoms with Crippen LogP contribution >= 0.6 is 18.7 Å². The lowest BCUT2D eigenvalue weighted by atomic mass is 9.67. The lowest BCUT2D eigenvalue weighted by Crippen LogP contribution is -2.53. The summed E-state index contributed by atoms with van der Waals surface area (Å²) in [6.07, 6.45) is 2.12. The molecular weight excluding hydrogens is 405 g/mol. The number of amides is 2. The molecule has 2 amide bonds. The van der Waals surface area contributed by atoms with Gasteiger partial charge in [-0.25, -0.2) is 4.90 Å². The highest BCUT2D eigenvalue weighted by Gasteiger charge is 2.69. The number of rotatable bonds is 2. The summed E-state index contributed by atoms with van der Waals surface area (Å²) in [4.78, 5) is 28.2. The molecule has 6 heteroatoms. The minimum atomic E-state index is -2.98. The van der Waals surface area contributed by atoms with Crippen LogP contribution < -0.4 is 10.2 Å². The van der Waals surface area contributed by atoms with Gasteiger partial charge in [0.25, 0.3) is 0 Å². The van der Waals surface area contributed by atoms with E-state index in [2.05, 4.69) is 0 Å². The Bertz CT molecular complexity index is 1130. The molecule has 3 aliphatic heterocycles. The highest BCUT2D eigenvalue weighted by Crippen LogP contribution is 2.71. The number of carbonyl (C=O) groups is 2. The molecule has 3 heterocycles. The molecule has 0 N–H and O–H groups in total. The van der Waals surface area contributed by atoms with Crippen molar-refractivity contribution in [2.75, 3.05) is 11.1 Å². The number of halogens is 1. The average Bonchev–Trinajstić information content (AvgIpc) is 2.96. The van der Waals surface area contributed by atoms with E-state index in [0.717, 1.165) is 10.9 Å². The fourth-order valence-electron chi connectivity index (χ4n) is 5.51. The van der Waals surface area contributed by atoms with Crippen LogP contribution in [0.25, 0.3) is 0 Å². The highest BCUT2D eigenvalue weighted by molar-refractivity contribution is 7.72. The van der Waals surface area contributed by atoms with Crippen LogP contribution in [0.1, 0.15) is 12.5 Å². The van der Waals surface area contributed by atoms with Crippen molar-refractivity contribution in [3.8, 4) is 0 Å². The maximum absolute atomic E-state index is 14.5. The standard InChI is InChI=1S/C23H21ClNO3P/c1-14-8-6-7-11-16(14)29(28)13-23(2)18(24)12-17(29)19-20(23)22(27)25(21(19)26)15-9-4-3-5-10-15/h3-12,17,19-20H,13H2,1-2H3/t17?,19-,20+,23?,29?/m1/s1. The van der Waals surface area contributed by atoms with Gasteiger partial charge in [0, 0.05) is 27.6 Å². The van der Waals surface area contributed by atoms with Crippen LogP contribution in [0.5, 0.6) is 0 Å². The van der Waals surface area contributed by atoms with E-state index in [1.165, 1.54) is 4.90 Å². The van der Waals surface area contributed by atoms with Gasteiger partial charge in [-0.2, -0.15) is 0 Å². The van der Waals surface area contributed by atoms with Crippen molar-refractivity contribution < 1.29 is 14.2 Å². The minimum Gasteiger partial charge on any atom is -0.318 e. The zero-order valence-corrected chi connectivity index (χ0v) is 17.9. The van der Waals surface area contributed by atoms with Crippen molar-refractivity contribution in [3.05, 3.63) is 71.3 Å². The molecule has 2 aromatic rings. The molecule has 0 radical (unpaired) electrons. The molecule has 6 rings (SSSR count). The quantitative estimate of drug-likeness (QED) is 0.532. The Morgan fingerprint density at radius 3 is 2.38 bits per heavy atom. The number of hydrogen-bond donors (Lipinski definition) is 0. The first kappa shape index (κ1) is 18.8. The first-order valence-corrected chi connectivity index (χ1v) is 12.1. The molecule has 1 aliphatic carbocycles. The number of anilines is 1. The predicted octanol–water partition coefficient (Wildman–Crippen LogP) is 4.31. The topological polar surface area (TPSA) is 54.5 Å². The molecule has 4 aliphatic rings. The van der Waals surface area contributed by atoms with Crippen LogP contribution in [0.15, 0.2) is 65.7 Å². The maximum Gasteiger partial charge on any atom is 0.238 e. The number of fused-ring (bicyclic) bond motifs is 1. The lowest BCUT2D eigenvalue weighted by molar-refractivity contribution is -0.123. The zero-order valence-electron chi connectivity index (χ0n) is 16.2. The van der Waals surface area contributed by atoms with Gasteiger partial charge in [-0.1, -0.05) is 67.1 Å². The second-order valence-corrected chi connectivity index (χ2v) is 11.9. The number of nitrogens with zero attached hydrogens (tertiary/aromatic N) is 1. The molecule has 148 valence electrons. The van der Waals surface area contributed by atoms with Crippen LogP contribution in [0, 0.1) is 24.2 Å². The number of hydrogen-bond acceptors (Lipinski definition) is 3. The Kier molecular flexibility index (Phi) is 4.01. The fourth-order valence-corrected chi connectivity index (χ4v) is 10.3. The van der Waals surface area contributed by atoms with E-state index >= 15 is 0 Å².